The molecule has 0 amide bonds. The maximum absolute atomic E-state index is 12.8. The van der Waals surface area contributed by atoms with Crippen LogP contribution in [0.2, 0.25) is 0 Å². The smallest absolute Gasteiger partial charge is 0.203 e. The Hall–Kier alpha value is -2.49. The van der Waals surface area contributed by atoms with Crippen LogP contribution in [0, 0.1) is 0 Å². The predicted molar refractivity (Wildman–Crippen MR) is 133 cm³/mol. The summed E-state index contributed by atoms with van der Waals surface area (Å²) >= 11 is 0. The van der Waals surface area contributed by atoms with Crippen molar-refractivity contribution >= 4 is 9.84 Å². The molecule has 1 fully saturated rings. The molecule has 1 N–H and O–H groups in total. The summed E-state index contributed by atoms with van der Waals surface area (Å²) in [4.78, 5) is 0.107. The van der Waals surface area contributed by atoms with Crippen LogP contribution in [0.1, 0.15) is 55.8 Å². The number of hydrogen-bond acceptors (Lipinski definition) is 8. The van der Waals surface area contributed by atoms with Gasteiger partial charge in [-0.15, -0.1) is 0 Å². The highest BCUT2D eigenvalue weighted by molar-refractivity contribution is 7.91. The van der Waals surface area contributed by atoms with E-state index >= 15 is 0 Å². The molecule has 1 saturated heterocycles. The summed E-state index contributed by atoms with van der Waals surface area (Å²) in [7, 11) is 1.07. The minimum absolute atomic E-state index is 0.107. The lowest BCUT2D eigenvalue weighted by Crippen LogP contribution is -2.20. The molecule has 8 nitrogen and oxygen atoms in total. The molecule has 3 rings (SSSR count). The van der Waals surface area contributed by atoms with Crippen molar-refractivity contribution in [3.05, 3.63) is 41.5 Å². The van der Waals surface area contributed by atoms with Gasteiger partial charge in [-0.3, -0.25) is 0 Å². The zero-order valence-corrected chi connectivity index (χ0v) is 21.7. The van der Waals surface area contributed by atoms with Crippen LogP contribution in [-0.4, -0.2) is 60.4 Å². The molecule has 0 saturated carbocycles. The first kappa shape index (κ1) is 27.1. The molecule has 2 aromatic carbocycles. The number of sulfone groups is 1. The normalized spacial score (nSPS) is 18.2. The van der Waals surface area contributed by atoms with E-state index in [4.69, 9.17) is 23.7 Å². The highest BCUT2D eigenvalue weighted by Gasteiger charge is 2.28. The average Bonchev–Trinajstić information content (AvgIpc) is 2.88. The monoisotopic (exact) mass is 508 g/mol. The number of rotatable bonds is 12. The Balaban J connectivity index is 1.80. The summed E-state index contributed by atoms with van der Waals surface area (Å²) in [6.07, 6.45) is 3.10. The largest absolute Gasteiger partial charge is 0.493 e. The first-order chi connectivity index (χ1) is 16.9. The van der Waals surface area contributed by atoms with Gasteiger partial charge in [-0.2, -0.15) is 0 Å². The zero-order valence-electron chi connectivity index (χ0n) is 20.9. The fraction of sp³-hybridized carbons (Fsp3) is 0.538. The van der Waals surface area contributed by atoms with Gasteiger partial charge < -0.3 is 28.8 Å². The minimum Gasteiger partial charge on any atom is -0.493 e. The van der Waals surface area contributed by atoms with E-state index in [-0.39, 0.29) is 22.7 Å². The topological polar surface area (TPSA) is 101 Å². The lowest BCUT2D eigenvalue weighted by molar-refractivity contribution is 0.00215. The Labute approximate surface area is 208 Å². The molecule has 1 aliphatic heterocycles. The Morgan fingerprint density at radius 3 is 2.23 bits per heavy atom. The zero-order chi connectivity index (χ0) is 25.4. The number of hydrogen-bond donors (Lipinski definition) is 1. The van der Waals surface area contributed by atoms with E-state index in [0.717, 1.165) is 36.8 Å². The molecule has 9 heteroatoms. The van der Waals surface area contributed by atoms with Crippen LogP contribution in [0.3, 0.4) is 0 Å². The fourth-order valence-electron chi connectivity index (χ4n) is 4.26. The molecule has 35 heavy (non-hydrogen) atoms. The van der Waals surface area contributed by atoms with Gasteiger partial charge in [0.15, 0.2) is 21.3 Å². The highest BCUT2D eigenvalue weighted by Crippen LogP contribution is 2.43. The molecule has 1 heterocycles. The maximum atomic E-state index is 12.8. The van der Waals surface area contributed by atoms with Crippen LogP contribution in [-0.2, 0) is 14.6 Å². The fourth-order valence-corrected chi connectivity index (χ4v) is 5.47. The van der Waals surface area contributed by atoms with E-state index in [1.165, 1.54) is 0 Å². The molecular formula is C26H36O8S. The second-order valence-electron chi connectivity index (χ2n) is 8.51. The van der Waals surface area contributed by atoms with Gasteiger partial charge in [0.2, 0.25) is 5.75 Å². The third-order valence-corrected chi connectivity index (χ3v) is 7.93. The van der Waals surface area contributed by atoms with Crippen LogP contribution >= 0.6 is 0 Å². The Bertz CT molecular complexity index is 1050. The second kappa shape index (κ2) is 12.5. The van der Waals surface area contributed by atoms with Gasteiger partial charge in [0.05, 0.1) is 53.0 Å². The number of benzene rings is 2. The van der Waals surface area contributed by atoms with Crippen molar-refractivity contribution in [2.24, 2.45) is 0 Å². The van der Waals surface area contributed by atoms with Crippen molar-refractivity contribution in [3.8, 4) is 23.0 Å². The summed E-state index contributed by atoms with van der Waals surface area (Å²) in [5.74, 6) is 1.85. The highest BCUT2D eigenvalue weighted by atomic mass is 32.2. The van der Waals surface area contributed by atoms with Crippen LogP contribution in [0.4, 0.5) is 0 Å². The summed E-state index contributed by atoms with van der Waals surface area (Å²) in [5.41, 5.74) is 1.82. The molecule has 0 radical (unpaired) electrons. The Morgan fingerprint density at radius 1 is 0.971 bits per heavy atom. The lowest BCUT2D eigenvalue weighted by Gasteiger charge is -2.30. The minimum atomic E-state index is -3.69. The van der Waals surface area contributed by atoms with Crippen LogP contribution in [0.25, 0.3) is 0 Å². The summed E-state index contributed by atoms with van der Waals surface area (Å²) < 4.78 is 54.0. The van der Waals surface area contributed by atoms with Crippen molar-refractivity contribution < 1.29 is 37.2 Å². The van der Waals surface area contributed by atoms with Crippen LogP contribution in [0.15, 0.2) is 35.2 Å². The first-order valence-electron chi connectivity index (χ1n) is 11.9. The van der Waals surface area contributed by atoms with Crippen LogP contribution < -0.4 is 18.9 Å². The summed E-state index contributed by atoms with van der Waals surface area (Å²) in [5, 5.41) is 9.26. The average molecular weight is 509 g/mol. The van der Waals surface area contributed by atoms with E-state index in [9.17, 15) is 13.5 Å². The Kier molecular flexibility index (Phi) is 9.65. The summed E-state index contributed by atoms with van der Waals surface area (Å²) in [6, 6.07) is 9.08. The molecule has 0 aliphatic carbocycles. The third kappa shape index (κ3) is 6.39. The molecule has 1 aliphatic rings. The molecule has 0 spiro atoms. The molecule has 0 bridgehead atoms. The van der Waals surface area contributed by atoms with Crippen LogP contribution in [0.5, 0.6) is 23.0 Å². The number of methoxy groups -OCH3 is 3. The van der Waals surface area contributed by atoms with Crippen molar-refractivity contribution in [1.82, 2.24) is 0 Å². The standard InChI is InChI=1S/C26H36O8S/c1-5-6-12-33-22-10-7-18(16-25(22)35(28,29)13-11-27)21-9-8-19(17-34-21)20-14-23(30-2)26(32-4)24(15-20)31-3/h7,10,14-16,19,21,27H,5-6,8-9,11-13,17H2,1-4H3/t19-,21+/m1/s1. The third-order valence-electron chi connectivity index (χ3n) is 6.22. The molecule has 0 unspecified atom stereocenters. The number of aliphatic hydroxyl groups is 1. The van der Waals surface area contributed by atoms with Gasteiger partial charge in [-0.05, 0) is 54.7 Å². The molecular weight excluding hydrogens is 472 g/mol. The van der Waals surface area contributed by atoms with Crippen molar-refractivity contribution in [2.75, 3.05) is 46.9 Å². The van der Waals surface area contributed by atoms with Gasteiger partial charge in [-0.1, -0.05) is 19.4 Å². The number of ether oxygens (including phenoxy) is 5. The van der Waals surface area contributed by atoms with E-state index in [1.807, 2.05) is 25.1 Å². The number of aliphatic hydroxyl groups excluding tert-OH is 1. The SMILES string of the molecule is CCCCOc1ccc([C@@H]2CC[C@@H](c3cc(OC)c(OC)c(OC)c3)CO2)cc1S(=O)(=O)CCO. The van der Waals surface area contributed by atoms with Crippen molar-refractivity contribution in [2.45, 2.75) is 49.5 Å². The van der Waals surface area contributed by atoms with Gasteiger partial charge in [-0.25, -0.2) is 8.42 Å². The van der Waals surface area contributed by atoms with E-state index in [0.29, 0.717) is 36.2 Å². The molecule has 194 valence electrons. The van der Waals surface area contributed by atoms with Crippen molar-refractivity contribution in [1.29, 1.82) is 0 Å². The van der Waals surface area contributed by atoms with Gasteiger partial charge in [0.1, 0.15) is 10.6 Å². The second-order valence-corrected chi connectivity index (χ2v) is 10.6. The molecule has 2 aromatic rings. The molecule has 0 aromatic heterocycles. The Morgan fingerprint density at radius 2 is 1.69 bits per heavy atom. The first-order valence-corrected chi connectivity index (χ1v) is 13.6. The van der Waals surface area contributed by atoms with E-state index < -0.39 is 16.4 Å². The van der Waals surface area contributed by atoms with E-state index in [1.54, 1.807) is 33.5 Å². The molecule has 2 atom stereocenters. The quantitative estimate of drug-likeness (QED) is 0.424. The van der Waals surface area contributed by atoms with E-state index in [2.05, 4.69) is 0 Å². The maximum Gasteiger partial charge on any atom is 0.203 e. The number of unbranched alkanes of at least 4 members (excludes halogenated alkanes) is 1. The summed E-state index contributed by atoms with van der Waals surface area (Å²) in [6.45, 7) is 2.50. The lowest BCUT2D eigenvalue weighted by atomic mass is 9.89. The van der Waals surface area contributed by atoms with Gasteiger partial charge in [0, 0.05) is 5.92 Å². The predicted octanol–water partition coefficient (Wildman–Crippen LogP) is 4.29. The van der Waals surface area contributed by atoms with Gasteiger partial charge in [0.25, 0.3) is 0 Å². The van der Waals surface area contributed by atoms with Crippen molar-refractivity contribution in [3.63, 3.8) is 0 Å². The van der Waals surface area contributed by atoms with Gasteiger partial charge >= 0.3 is 0 Å².